The Kier molecular flexibility index (Phi) is 6.82. The molecule has 0 atom stereocenters. The molecule has 5 rings (SSSR count). The highest BCUT2D eigenvalue weighted by molar-refractivity contribution is 7.93. The molecular weight excluding hydrogens is 504 g/mol. The Bertz CT molecular complexity index is 1430. The van der Waals surface area contributed by atoms with Gasteiger partial charge in [-0.1, -0.05) is 35.9 Å². The number of sulfonamides is 1. The molecule has 1 aliphatic rings. The number of halogens is 1. The van der Waals surface area contributed by atoms with Crippen molar-refractivity contribution in [2.75, 3.05) is 17.8 Å². The Morgan fingerprint density at radius 3 is 2.63 bits per heavy atom. The van der Waals surface area contributed by atoms with Crippen molar-refractivity contribution >= 4 is 54.9 Å². The van der Waals surface area contributed by atoms with Gasteiger partial charge >= 0.3 is 0 Å². The van der Waals surface area contributed by atoms with Gasteiger partial charge in [0.2, 0.25) is 5.91 Å². The molecule has 0 bridgehead atoms. The van der Waals surface area contributed by atoms with Gasteiger partial charge in [-0.15, -0.1) is 11.3 Å². The van der Waals surface area contributed by atoms with E-state index in [-0.39, 0.29) is 12.2 Å². The lowest BCUT2D eigenvalue weighted by Crippen LogP contribution is -2.38. The average molecular weight is 531 g/mol. The normalized spacial score (nSPS) is 14.9. The number of carbonyl (C=O) groups excluding carboxylic acids is 1. The Morgan fingerprint density at radius 1 is 1.14 bits per heavy atom. The molecule has 0 spiro atoms. The first-order chi connectivity index (χ1) is 16.9. The number of carbonyl (C=O) groups is 1. The Morgan fingerprint density at radius 2 is 1.91 bits per heavy atom. The van der Waals surface area contributed by atoms with Crippen molar-refractivity contribution in [2.24, 2.45) is 0 Å². The summed E-state index contributed by atoms with van der Waals surface area (Å²) in [6.07, 6.45) is 5.67. The van der Waals surface area contributed by atoms with E-state index in [1.165, 1.54) is 11.3 Å². The van der Waals surface area contributed by atoms with Crippen molar-refractivity contribution in [3.8, 4) is 0 Å². The molecule has 1 amide bonds. The molecule has 0 saturated carbocycles. The largest absolute Gasteiger partial charge is 0.346 e. The zero-order chi connectivity index (χ0) is 24.4. The van der Waals surface area contributed by atoms with E-state index in [0.717, 1.165) is 29.3 Å². The highest BCUT2D eigenvalue weighted by Crippen LogP contribution is 2.30. The molecule has 184 valence electrons. The van der Waals surface area contributed by atoms with Crippen LogP contribution in [0.15, 0.2) is 71.2 Å². The molecule has 2 aromatic carbocycles. The molecule has 35 heavy (non-hydrogen) atoms. The lowest BCUT2D eigenvalue weighted by Gasteiger charge is -2.32. The fraction of sp³-hybridized carbons (Fsp3) is 0.280. The van der Waals surface area contributed by atoms with E-state index in [9.17, 15) is 13.2 Å². The molecule has 2 aromatic heterocycles. The summed E-state index contributed by atoms with van der Waals surface area (Å²) >= 11 is 7.59. The predicted molar refractivity (Wildman–Crippen MR) is 142 cm³/mol. The third kappa shape index (κ3) is 5.22. The smallest absolute Gasteiger partial charge is 0.263 e. The fourth-order valence-corrected chi connectivity index (χ4v) is 6.68. The minimum absolute atomic E-state index is 0. The van der Waals surface area contributed by atoms with E-state index in [2.05, 4.69) is 9.71 Å². The highest BCUT2D eigenvalue weighted by atomic mass is 35.5. The van der Waals surface area contributed by atoms with Crippen LogP contribution in [0.5, 0.6) is 0 Å². The number of aryl methyl sites for hydroxylation is 1. The third-order valence-electron chi connectivity index (χ3n) is 6.47. The SMILES string of the molecule is O=C(CCn1ccc2cccc(Cl)c21)N1CCC(c2ccc(S(=O)(=O)Nc3nccs3)cc2)CC1.[HH]. The molecule has 0 aliphatic carbocycles. The number of rotatable bonds is 7. The van der Waals surface area contributed by atoms with Crippen LogP contribution < -0.4 is 4.72 Å². The van der Waals surface area contributed by atoms with Crippen LogP contribution in [-0.2, 0) is 21.4 Å². The summed E-state index contributed by atoms with van der Waals surface area (Å²) in [6.45, 7) is 1.99. The Balaban J connectivity index is 0.00000304. The van der Waals surface area contributed by atoms with Crippen LogP contribution >= 0.6 is 22.9 Å². The van der Waals surface area contributed by atoms with E-state index < -0.39 is 10.0 Å². The molecule has 1 fully saturated rings. The number of aromatic nitrogens is 2. The second kappa shape index (κ2) is 10.0. The summed E-state index contributed by atoms with van der Waals surface area (Å²) in [5.74, 6) is 0.446. The van der Waals surface area contributed by atoms with Gasteiger partial charge < -0.3 is 9.47 Å². The molecule has 7 nitrogen and oxygen atoms in total. The van der Waals surface area contributed by atoms with Gasteiger partial charge in [-0.2, -0.15) is 0 Å². The number of nitrogens with one attached hydrogen (secondary N) is 1. The zero-order valence-corrected chi connectivity index (χ0v) is 21.3. The number of piperidine rings is 1. The number of likely N-dealkylation sites (tertiary alicyclic amines) is 1. The zero-order valence-electron chi connectivity index (χ0n) is 18.9. The van der Waals surface area contributed by atoms with Gasteiger partial charge in [-0.05, 0) is 48.6 Å². The summed E-state index contributed by atoms with van der Waals surface area (Å²) in [4.78, 5) is 19.0. The number of hydrogen-bond acceptors (Lipinski definition) is 5. The van der Waals surface area contributed by atoms with Gasteiger partial charge in [0, 0.05) is 50.6 Å². The standard InChI is InChI=1S/C25H25ClN4O3S2.H2/c26-22-3-1-2-20-10-15-30(24(20)22)16-11-23(31)29-13-8-19(9-14-29)18-4-6-21(7-5-18)35(32,33)28-25-27-12-17-34-25;/h1-7,10,12,15,17,19H,8-9,11,13-14,16H2,(H,27,28);1H. The quantitative estimate of drug-likeness (QED) is 0.337. The van der Waals surface area contributed by atoms with Crippen LogP contribution in [0.3, 0.4) is 0 Å². The molecule has 10 heteroatoms. The van der Waals surface area contributed by atoms with Gasteiger partial charge in [-0.3, -0.25) is 9.52 Å². The molecule has 1 aliphatic heterocycles. The van der Waals surface area contributed by atoms with E-state index >= 15 is 0 Å². The van der Waals surface area contributed by atoms with Gasteiger partial charge in [0.1, 0.15) is 0 Å². The first-order valence-corrected chi connectivity index (χ1v) is 14.2. The number of fused-ring (bicyclic) bond motifs is 1. The number of nitrogens with zero attached hydrogens (tertiary/aromatic N) is 3. The number of para-hydroxylation sites is 1. The molecule has 0 unspecified atom stereocenters. The molecule has 4 aromatic rings. The van der Waals surface area contributed by atoms with Crippen molar-refractivity contribution < 1.29 is 14.6 Å². The highest BCUT2D eigenvalue weighted by Gasteiger charge is 2.24. The molecule has 3 heterocycles. The predicted octanol–water partition coefficient (Wildman–Crippen LogP) is 5.59. The van der Waals surface area contributed by atoms with Gasteiger partial charge in [-0.25, -0.2) is 13.4 Å². The molecular formula is C25H27ClN4O3S2. The minimum atomic E-state index is -3.66. The topological polar surface area (TPSA) is 84.3 Å². The Labute approximate surface area is 214 Å². The molecule has 1 saturated heterocycles. The van der Waals surface area contributed by atoms with Crippen LogP contribution in [0.1, 0.15) is 32.2 Å². The third-order valence-corrected chi connectivity index (χ3v) is 8.95. The van der Waals surface area contributed by atoms with Gasteiger partial charge in [0.15, 0.2) is 5.13 Å². The lowest BCUT2D eigenvalue weighted by atomic mass is 9.89. The number of benzene rings is 2. The average Bonchev–Trinajstić information content (AvgIpc) is 3.53. The van der Waals surface area contributed by atoms with Crippen molar-refractivity contribution in [3.05, 3.63) is 76.9 Å². The lowest BCUT2D eigenvalue weighted by molar-refractivity contribution is -0.132. The van der Waals surface area contributed by atoms with Crippen LogP contribution in [0.25, 0.3) is 10.9 Å². The number of anilines is 1. The summed E-state index contributed by atoms with van der Waals surface area (Å²) in [6, 6.07) is 14.8. The van der Waals surface area contributed by atoms with E-state index in [4.69, 9.17) is 11.6 Å². The maximum Gasteiger partial charge on any atom is 0.263 e. The Hall–Kier alpha value is -2.88. The van der Waals surface area contributed by atoms with Crippen molar-refractivity contribution in [1.29, 1.82) is 0 Å². The van der Waals surface area contributed by atoms with Crippen molar-refractivity contribution in [2.45, 2.75) is 36.6 Å². The number of amides is 1. The maximum atomic E-state index is 12.8. The van der Waals surface area contributed by atoms with Gasteiger partial charge in [0.05, 0.1) is 15.4 Å². The van der Waals surface area contributed by atoms with Crippen LogP contribution in [0.2, 0.25) is 5.02 Å². The fourth-order valence-electron chi connectivity index (χ4n) is 4.60. The summed E-state index contributed by atoms with van der Waals surface area (Å²) in [5.41, 5.74) is 2.06. The van der Waals surface area contributed by atoms with Crippen molar-refractivity contribution in [1.82, 2.24) is 14.5 Å². The first kappa shape index (κ1) is 23.8. The van der Waals surface area contributed by atoms with Crippen LogP contribution in [-0.4, -0.2) is 41.9 Å². The number of hydrogen-bond donors (Lipinski definition) is 1. The minimum Gasteiger partial charge on any atom is -0.346 e. The summed E-state index contributed by atoms with van der Waals surface area (Å²) in [5, 5.41) is 3.83. The maximum absolute atomic E-state index is 12.8. The molecule has 0 radical (unpaired) electrons. The van der Waals surface area contributed by atoms with E-state index in [1.807, 2.05) is 52.1 Å². The first-order valence-electron chi connectivity index (χ1n) is 11.4. The second-order valence-corrected chi connectivity index (χ2v) is 11.6. The monoisotopic (exact) mass is 530 g/mol. The number of thiazole rings is 1. The summed E-state index contributed by atoms with van der Waals surface area (Å²) < 4.78 is 29.6. The molecule has 1 N–H and O–H groups in total. The van der Waals surface area contributed by atoms with Crippen LogP contribution in [0, 0.1) is 0 Å². The summed E-state index contributed by atoms with van der Waals surface area (Å²) in [7, 11) is -3.66. The van der Waals surface area contributed by atoms with E-state index in [1.54, 1.807) is 23.7 Å². The van der Waals surface area contributed by atoms with E-state index in [0.29, 0.717) is 42.1 Å². The van der Waals surface area contributed by atoms with Crippen LogP contribution in [0.4, 0.5) is 5.13 Å². The van der Waals surface area contributed by atoms with Gasteiger partial charge in [0.25, 0.3) is 10.0 Å². The van der Waals surface area contributed by atoms with Crippen molar-refractivity contribution in [3.63, 3.8) is 0 Å². The second-order valence-electron chi connectivity index (χ2n) is 8.60.